The van der Waals surface area contributed by atoms with E-state index >= 15 is 0 Å². The summed E-state index contributed by atoms with van der Waals surface area (Å²) in [7, 11) is 0. The number of Topliss-reactive ketones (excluding diaryl/α,β-unsaturated/α-hetero) is 1. The first-order valence-electron chi connectivity index (χ1n) is 7.98. The number of nitrogens with zero attached hydrogens (tertiary/aromatic N) is 1. The minimum absolute atomic E-state index is 0.0555. The van der Waals surface area contributed by atoms with Gasteiger partial charge in [-0.15, -0.1) is 0 Å². The molecule has 4 aromatic rings. The number of hydrogen-bond donors (Lipinski definition) is 1. The van der Waals surface area contributed by atoms with Gasteiger partial charge in [0.05, 0.1) is 11.0 Å². The fourth-order valence-electron chi connectivity index (χ4n) is 2.99. The molecule has 0 radical (unpaired) electrons. The first kappa shape index (κ1) is 15.6. The average molecular weight is 347 g/mol. The lowest BCUT2D eigenvalue weighted by molar-refractivity contribution is 0.101. The zero-order valence-corrected chi connectivity index (χ0v) is 14.3. The lowest BCUT2D eigenvalue weighted by Gasteiger charge is -2.06. The van der Waals surface area contributed by atoms with E-state index in [4.69, 9.17) is 11.6 Å². The Morgan fingerprint density at radius 1 is 0.960 bits per heavy atom. The van der Waals surface area contributed by atoms with Crippen LogP contribution in [0.5, 0.6) is 0 Å². The second kappa shape index (κ2) is 6.19. The summed E-state index contributed by atoms with van der Waals surface area (Å²) in [5, 5.41) is 0.675. The van der Waals surface area contributed by atoms with Gasteiger partial charge in [-0.2, -0.15) is 0 Å². The third-order valence-corrected chi connectivity index (χ3v) is 4.43. The smallest absolute Gasteiger partial charge is 0.160 e. The van der Waals surface area contributed by atoms with Crippen LogP contribution in [0.1, 0.15) is 17.3 Å². The van der Waals surface area contributed by atoms with Crippen LogP contribution in [0.25, 0.3) is 33.5 Å². The van der Waals surface area contributed by atoms with Crippen LogP contribution in [0.4, 0.5) is 0 Å². The van der Waals surface area contributed by atoms with Crippen LogP contribution in [0.3, 0.4) is 0 Å². The summed E-state index contributed by atoms with van der Waals surface area (Å²) in [6, 6.07) is 21.2. The van der Waals surface area contributed by atoms with E-state index in [0.29, 0.717) is 5.02 Å². The van der Waals surface area contributed by atoms with Gasteiger partial charge in [-0.3, -0.25) is 4.79 Å². The quantitative estimate of drug-likeness (QED) is 0.480. The van der Waals surface area contributed by atoms with Gasteiger partial charge >= 0.3 is 0 Å². The number of fused-ring (bicyclic) bond motifs is 1. The maximum absolute atomic E-state index is 11.9. The topological polar surface area (TPSA) is 45.8 Å². The Kier molecular flexibility index (Phi) is 3.86. The number of rotatable bonds is 3. The molecule has 3 aromatic carbocycles. The van der Waals surface area contributed by atoms with Crippen molar-refractivity contribution in [3.05, 3.63) is 77.3 Å². The molecule has 0 fully saturated rings. The van der Waals surface area contributed by atoms with Crippen LogP contribution in [0, 0.1) is 0 Å². The summed E-state index contributed by atoms with van der Waals surface area (Å²) in [6.07, 6.45) is 0. The predicted molar refractivity (Wildman–Crippen MR) is 102 cm³/mol. The van der Waals surface area contributed by atoms with Crippen LogP contribution >= 0.6 is 11.6 Å². The number of benzene rings is 3. The first-order chi connectivity index (χ1) is 12.1. The van der Waals surface area contributed by atoms with Crippen molar-refractivity contribution in [1.82, 2.24) is 9.97 Å². The van der Waals surface area contributed by atoms with Crippen molar-refractivity contribution in [3.63, 3.8) is 0 Å². The molecule has 0 spiro atoms. The number of halogens is 1. The highest BCUT2D eigenvalue weighted by Crippen LogP contribution is 2.29. The molecule has 0 saturated carbocycles. The van der Waals surface area contributed by atoms with E-state index in [0.717, 1.165) is 39.1 Å². The molecule has 0 unspecified atom stereocenters. The van der Waals surface area contributed by atoms with E-state index in [-0.39, 0.29) is 5.78 Å². The van der Waals surface area contributed by atoms with E-state index in [9.17, 15) is 4.79 Å². The third kappa shape index (κ3) is 2.94. The van der Waals surface area contributed by atoms with Gasteiger partial charge in [0.1, 0.15) is 5.82 Å². The summed E-state index contributed by atoms with van der Waals surface area (Å²) in [5.41, 5.74) is 5.37. The summed E-state index contributed by atoms with van der Waals surface area (Å²) in [4.78, 5) is 19.9. The molecule has 1 heterocycles. The Morgan fingerprint density at radius 2 is 1.80 bits per heavy atom. The summed E-state index contributed by atoms with van der Waals surface area (Å²) in [5.74, 6) is 0.828. The van der Waals surface area contributed by atoms with Gasteiger partial charge in [0.15, 0.2) is 5.78 Å². The Bertz CT molecular complexity index is 1100. The number of aromatic nitrogens is 2. The Balaban J connectivity index is 1.83. The maximum atomic E-state index is 11.9. The van der Waals surface area contributed by atoms with Gasteiger partial charge in [0, 0.05) is 16.1 Å². The van der Waals surface area contributed by atoms with Crippen molar-refractivity contribution >= 4 is 28.4 Å². The molecule has 0 aliphatic heterocycles. The maximum Gasteiger partial charge on any atom is 0.160 e. The number of hydrogen-bond acceptors (Lipinski definition) is 2. The average Bonchev–Trinajstić information content (AvgIpc) is 3.05. The number of ketones is 1. The molecule has 25 heavy (non-hydrogen) atoms. The molecule has 0 amide bonds. The van der Waals surface area contributed by atoms with Gasteiger partial charge in [0.25, 0.3) is 0 Å². The third-order valence-electron chi connectivity index (χ3n) is 4.20. The molecule has 0 bridgehead atoms. The van der Waals surface area contributed by atoms with Gasteiger partial charge in [0.2, 0.25) is 0 Å². The lowest BCUT2D eigenvalue weighted by atomic mass is 9.97. The van der Waals surface area contributed by atoms with Gasteiger partial charge in [-0.25, -0.2) is 4.98 Å². The number of aromatic amines is 1. The lowest BCUT2D eigenvalue weighted by Crippen LogP contribution is -1.95. The van der Waals surface area contributed by atoms with Crippen molar-refractivity contribution < 1.29 is 4.79 Å². The van der Waals surface area contributed by atoms with Crippen LogP contribution < -0.4 is 0 Å². The van der Waals surface area contributed by atoms with Crippen molar-refractivity contribution in [2.24, 2.45) is 0 Å². The fourth-order valence-corrected chi connectivity index (χ4v) is 3.18. The Labute approximate surface area is 150 Å². The second-order valence-electron chi connectivity index (χ2n) is 5.93. The second-order valence-corrected chi connectivity index (χ2v) is 6.37. The van der Waals surface area contributed by atoms with Crippen LogP contribution in [-0.4, -0.2) is 15.8 Å². The van der Waals surface area contributed by atoms with Crippen molar-refractivity contribution in [2.75, 3.05) is 0 Å². The minimum Gasteiger partial charge on any atom is -0.338 e. The Morgan fingerprint density at radius 3 is 2.60 bits per heavy atom. The number of nitrogens with one attached hydrogen (secondary N) is 1. The van der Waals surface area contributed by atoms with E-state index in [1.54, 1.807) is 6.92 Å². The largest absolute Gasteiger partial charge is 0.338 e. The first-order valence-corrected chi connectivity index (χ1v) is 8.36. The molecule has 1 N–H and O–H groups in total. The normalized spacial score (nSPS) is 11.0. The highest BCUT2D eigenvalue weighted by molar-refractivity contribution is 6.30. The van der Waals surface area contributed by atoms with Gasteiger partial charge < -0.3 is 4.98 Å². The molecule has 4 heteroatoms. The molecule has 0 saturated heterocycles. The molecule has 0 atom stereocenters. The monoisotopic (exact) mass is 346 g/mol. The molecule has 122 valence electrons. The van der Waals surface area contributed by atoms with Crippen LogP contribution in [0.2, 0.25) is 5.02 Å². The number of carbonyl (C=O) groups excluding carboxylic acids is 1. The van der Waals surface area contributed by atoms with E-state index < -0.39 is 0 Å². The standard InChI is InChI=1S/C21H15ClN2O/c1-13(25)17-7-2-3-8-18(17)14-9-10-19-20(12-14)24-21(23-19)15-5-4-6-16(22)11-15/h2-12H,1H3,(H,23,24). The molecule has 0 aliphatic rings. The fraction of sp³-hybridized carbons (Fsp3) is 0.0476. The van der Waals surface area contributed by atoms with Gasteiger partial charge in [-0.1, -0.05) is 54.1 Å². The van der Waals surface area contributed by atoms with Gasteiger partial charge in [-0.05, 0) is 42.3 Å². The van der Waals surface area contributed by atoms with Crippen molar-refractivity contribution in [2.45, 2.75) is 6.92 Å². The molecule has 4 rings (SSSR count). The van der Waals surface area contributed by atoms with E-state index in [2.05, 4.69) is 9.97 Å². The molecule has 0 aliphatic carbocycles. The molecule has 1 aromatic heterocycles. The zero-order valence-electron chi connectivity index (χ0n) is 13.6. The van der Waals surface area contributed by atoms with Crippen LogP contribution in [0.15, 0.2) is 66.7 Å². The summed E-state index contributed by atoms with van der Waals surface area (Å²) >= 11 is 6.07. The Hall–Kier alpha value is -2.91. The summed E-state index contributed by atoms with van der Waals surface area (Å²) in [6.45, 7) is 1.59. The van der Waals surface area contributed by atoms with E-state index in [1.807, 2.05) is 66.7 Å². The SMILES string of the molecule is CC(=O)c1ccccc1-c1ccc2nc(-c3cccc(Cl)c3)[nH]c2c1. The number of H-pyrrole nitrogens is 1. The number of carbonyl (C=O) groups is 1. The molecular formula is C21H15ClN2O. The zero-order chi connectivity index (χ0) is 17.4. The highest BCUT2D eigenvalue weighted by atomic mass is 35.5. The highest BCUT2D eigenvalue weighted by Gasteiger charge is 2.11. The molecular weight excluding hydrogens is 332 g/mol. The van der Waals surface area contributed by atoms with Crippen molar-refractivity contribution in [3.8, 4) is 22.5 Å². The van der Waals surface area contributed by atoms with E-state index in [1.165, 1.54) is 0 Å². The predicted octanol–water partition coefficient (Wildman–Crippen LogP) is 5.75. The van der Waals surface area contributed by atoms with Crippen molar-refractivity contribution in [1.29, 1.82) is 0 Å². The van der Waals surface area contributed by atoms with Crippen LogP contribution in [-0.2, 0) is 0 Å². The number of imidazole rings is 1. The summed E-state index contributed by atoms with van der Waals surface area (Å²) < 4.78 is 0. The minimum atomic E-state index is 0.0555. The molecule has 3 nitrogen and oxygen atoms in total.